The molecule has 1 rings (SSSR count). The summed E-state index contributed by atoms with van der Waals surface area (Å²) in [6.07, 6.45) is 1.61. The van der Waals surface area contributed by atoms with E-state index in [4.69, 9.17) is 22.1 Å². The van der Waals surface area contributed by atoms with Crippen LogP contribution in [0.2, 0.25) is 5.02 Å². The van der Waals surface area contributed by atoms with E-state index in [1.54, 1.807) is 18.2 Å². The standard InChI is InChI=1S/C11H8ClN3/c12-10-2-1-3-11(6-10)15-8-9(7-14)4-5-13/h1-3,6,8,15H,4H2/b9-8-. The number of nitrogens with one attached hydrogen (secondary N) is 1. The van der Waals surface area contributed by atoms with E-state index in [-0.39, 0.29) is 6.42 Å². The molecule has 0 radical (unpaired) electrons. The molecule has 74 valence electrons. The Morgan fingerprint density at radius 3 is 2.87 bits per heavy atom. The van der Waals surface area contributed by atoms with Crippen LogP contribution in [0.15, 0.2) is 36.0 Å². The molecule has 0 atom stereocenters. The molecule has 0 aliphatic heterocycles. The summed E-state index contributed by atoms with van der Waals surface area (Å²) in [5.41, 5.74) is 1.17. The quantitative estimate of drug-likeness (QED) is 0.792. The molecule has 0 aliphatic carbocycles. The van der Waals surface area contributed by atoms with Gasteiger partial charge in [0.15, 0.2) is 0 Å². The third kappa shape index (κ3) is 3.72. The minimum atomic E-state index is 0.101. The van der Waals surface area contributed by atoms with Gasteiger partial charge in [-0.1, -0.05) is 17.7 Å². The number of nitriles is 2. The van der Waals surface area contributed by atoms with Crippen LogP contribution in [0.1, 0.15) is 6.42 Å². The fourth-order valence-electron chi connectivity index (χ4n) is 0.957. The van der Waals surface area contributed by atoms with Crippen molar-refractivity contribution in [3.8, 4) is 12.1 Å². The highest BCUT2D eigenvalue weighted by molar-refractivity contribution is 6.30. The highest BCUT2D eigenvalue weighted by atomic mass is 35.5. The van der Waals surface area contributed by atoms with Crippen molar-refractivity contribution >= 4 is 17.3 Å². The SMILES string of the molecule is N#CC/C(C#N)=C/Nc1cccc(Cl)c1. The summed E-state index contributed by atoms with van der Waals surface area (Å²) in [4.78, 5) is 0. The second kappa shape index (κ2) is 5.70. The van der Waals surface area contributed by atoms with Gasteiger partial charge in [0.25, 0.3) is 0 Å². The number of benzene rings is 1. The van der Waals surface area contributed by atoms with E-state index in [1.807, 2.05) is 18.2 Å². The first-order valence-corrected chi connectivity index (χ1v) is 4.62. The lowest BCUT2D eigenvalue weighted by atomic mass is 10.2. The van der Waals surface area contributed by atoms with Crippen molar-refractivity contribution in [3.63, 3.8) is 0 Å². The van der Waals surface area contributed by atoms with Gasteiger partial charge in [-0.3, -0.25) is 0 Å². The largest absolute Gasteiger partial charge is 0.361 e. The van der Waals surface area contributed by atoms with Crippen LogP contribution in [0.25, 0.3) is 0 Å². The topological polar surface area (TPSA) is 59.6 Å². The molecule has 15 heavy (non-hydrogen) atoms. The Morgan fingerprint density at radius 2 is 2.27 bits per heavy atom. The van der Waals surface area contributed by atoms with Gasteiger partial charge in [0.05, 0.1) is 24.1 Å². The minimum Gasteiger partial charge on any atom is -0.361 e. The first-order chi connectivity index (χ1) is 7.26. The average Bonchev–Trinajstić information content (AvgIpc) is 2.24. The van der Waals surface area contributed by atoms with Crippen LogP contribution in [-0.4, -0.2) is 0 Å². The minimum absolute atomic E-state index is 0.101. The molecule has 0 unspecified atom stereocenters. The molecule has 0 fully saturated rings. The van der Waals surface area contributed by atoms with E-state index < -0.39 is 0 Å². The lowest BCUT2D eigenvalue weighted by Crippen LogP contribution is -1.90. The zero-order valence-corrected chi connectivity index (χ0v) is 8.62. The molecule has 0 aliphatic rings. The first-order valence-electron chi connectivity index (χ1n) is 4.24. The van der Waals surface area contributed by atoms with Crippen LogP contribution in [-0.2, 0) is 0 Å². The molecule has 3 nitrogen and oxygen atoms in total. The third-order valence-corrected chi connectivity index (χ3v) is 1.89. The van der Waals surface area contributed by atoms with Crippen LogP contribution >= 0.6 is 11.6 Å². The zero-order chi connectivity index (χ0) is 11.1. The maximum absolute atomic E-state index is 8.65. The summed E-state index contributed by atoms with van der Waals surface area (Å²) >= 11 is 5.78. The molecule has 0 aromatic heterocycles. The van der Waals surface area contributed by atoms with Gasteiger partial charge in [-0.15, -0.1) is 0 Å². The predicted molar refractivity (Wildman–Crippen MR) is 59.0 cm³/mol. The number of nitrogens with zero attached hydrogens (tertiary/aromatic N) is 2. The van der Waals surface area contributed by atoms with Gasteiger partial charge in [-0.25, -0.2) is 0 Å². The fraction of sp³-hybridized carbons (Fsp3) is 0.0909. The van der Waals surface area contributed by atoms with Gasteiger partial charge < -0.3 is 5.32 Å². The number of halogens is 1. The van der Waals surface area contributed by atoms with E-state index in [1.165, 1.54) is 6.20 Å². The van der Waals surface area contributed by atoms with Gasteiger partial charge in [0.1, 0.15) is 0 Å². The molecule has 1 aromatic rings. The summed E-state index contributed by atoms with van der Waals surface area (Å²) < 4.78 is 0. The molecule has 0 amide bonds. The molecule has 0 saturated heterocycles. The molecular formula is C11H8ClN3. The Labute approximate surface area is 93.2 Å². The summed E-state index contributed by atoms with van der Waals surface area (Å²) in [6, 6.07) is 11.0. The van der Waals surface area contributed by atoms with Crippen molar-refractivity contribution in [1.29, 1.82) is 10.5 Å². The van der Waals surface area contributed by atoms with Crippen molar-refractivity contribution < 1.29 is 0 Å². The molecule has 1 aromatic carbocycles. The van der Waals surface area contributed by atoms with Crippen molar-refractivity contribution in [3.05, 3.63) is 41.1 Å². The number of anilines is 1. The van der Waals surface area contributed by atoms with Crippen LogP contribution in [0.4, 0.5) is 5.69 Å². The Morgan fingerprint density at radius 1 is 1.47 bits per heavy atom. The maximum atomic E-state index is 8.65. The second-order valence-corrected chi connectivity index (χ2v) is 3.21. The van der Waals surface area contributed by atoms with E-state index in [9.17, 15) is 0 Å². The van der Waals surface area contributed by atoms with Crippen molar-refractivity contribution in [2.75, 3.05) is 5.32 Å². The predicted octanol–water partition coefficient (Wildman–Crippen LogP) is 3.07. The monoisotopic (exact) mass is 217 g/mol. The van der Waals surface area contributed by atoms with E-state index in [0.29, 0.717) is 10.6 Å². The fourth-order valence-corrected chi connectivity index (χ4v) is 1.15. The van der Waals surface area contributed by atoms with Crippen LogP contribution < -0.4 is 5.32 Å². The smallest absolute Gasteiger partial charge is 0.0973 e. The number of hydrogen-bond donors (Lipinski definition) is 1. The van der Waals surface area contributed by atoms with Crippen molar-refractivity contribution in [1.82, 2.24) is 0 Å². The van der Waals surface area contributed by atoms with Crippen molar-refractivity contribution in [2.24, 2.45) is 0 Å². The second-order valence-electron chi connectivity index (χ2n) is 2.77. The highest BCUT2D eigenvalue weighted by Crippen LogP contribution is 2.15. The zero-order valence-electron chi connectivity index (χ0n) is 7.87. The van der Waals surface area contributed by atoms with Crippen LogP contribution in [0.5, 0.6) is 0 Å². The maximum Gasteiger partial charge on any atom is 0.0973 e. The summed E-state index contributed by atoms with van der Waals surface area (Å²) in [5.74, 6) is 0. The normalized spacial score (nSPS) is 10.2. The first kappa shape index (κ1) is 11.1. The summed E-state index contributed by atoms with van der Waals surface area (Å²) in [7, 11) is 0. The molecule has 4 heteroatoms. The lowest BCUT2D eigenvalue weighted by molar-refractivity contribution is 1.26. The van der Waals surface area contributed by atoms with Gasteiger partial charge >= 0.3 is 0 Å². The van der Waals surface area contributed by atoms with Crippen LogP contribution in [0, 0.1) is 22.7 Å². The molecule has 0 heterocycles. The van der Waals surface area contributed by atoms with Gasteiger partial charge in [0, 0.05) is 16.9 Å². The summed E-state index contributed by atoms with van der Waals surface area (Å²) in [5, 5.41) is 20.6. The molecular weight excluding hydrogens is 210 g/mol. The van der Waals surface area contributed by atoms with Gasteiger partial charge in [0.2, 0.25) is 0 Å². The van der Waals surface area contributed by atoms with E-state index >= 15 is 0 Å². The number of rotatable bonds is 3. The number of allylic oxidation sites excluding steroid dienone is 1. The van der Waals surface area contributed by atoms with Crippen molar-refractivity contribution in [2.45, 2.75) is 6.42 Å². The number of hydrogen-bond acceptors (Lipinski definition) is 3. The van der Waals surface area contributed by atoms with E-state index in [2.05, 4.69) is 5.32 Å². The Kier molecular flexibility index (Phi) is 4.22. The third-order valence-electron chi connectivity index (χ3n) is 1.65. The van der Waals surface area contributed by atoms with Gasteiger partial charge in [-0.05, 0) is 18.2 Å². The van der Waals surface area contributed by atoms with E-state index in [0.717, 1.165) is 5.69 Å². The molecule has 0 saturated carbocycles. The Hall–Kier alpha value is -1.97. The molecule has 0 bridgehead atoms. The van der Waals surface area contributed by atoms with Crippen LogP contribution in [0.3, 0.4) is 0 Å². The van der Waals surface area contributed by atoms with Gasteiger partial charge in [-0.2, -0.15) is 10.5 Å². The lowest BCUT2D eigenvalue weighted by Gasteiger charge is -2.00. The highest BCUT2D eigenvalue weighted by Gasteiger charge is 1.94. The summed E-state index contributed by atoms with van der Waals surface area (Å²) in [6.45, 7) is 0. The molecule has 1 N–H and O–H groups in total. The Balaban J connectivity index is 2.72. The average molecular weight is 218 g/mol. The molecule has 0 spiro atoms. The Bertz CT molecular complexity index is 452.